The van der Waals surface area contributed by atoms with Crippen molar-refractivity contribution >= 4 is 11.8 Å². The second-order valence-electron chi connectivity index (χ2n) is 3.64. The zero-order valence-corrected chi connectivity index (χ0v) is 9.99. The number of aryl methyl sites for hydroxylation is 1. The molecule has 2 heterocycles. The Morgan fingerprint density at radius 1 is 1.50 bits per heavy atom. The van der Waals surface area contributed by atoms with Crippen LogP contribution in [-0.4, -0.2) is 21.2 Å². The molecule has 0 fully saturated rings. The summed E-state index contributed by atoms with van der Waals surface area (Å²) in [6.07, 6.45) is 1.48. The number of hydrogen-bond acceptors (Lipinski definition) is 5. The Kier molecular flexibility index (Phi) is 3.31. The minimum atomic E-state index is -0.0272. The molecule has 0 bridgehead atoms. The topological polar surface area (TPSA) is 80.7 Å². The van der Waals surface area contributed by atoms with Crippen LogP contribution in [-0.2, 0) is 0 Å². The van der Waals surface area contributed by atoms with Crippen molar-refractivity contribution < 1.29 is 4.42 Å². The number of thioether (sulfide) groups is 1. The minimum absolute atomic E-state index is 0.0272. The van der Waals surface area contributed by atoms with Gasteiger partial charge in [0.25, 0.3) is 0 Å². The molecule has 0 amide bonds. The number of furan rings is 1. The van der Waals surface area contributed by atoms with Crippen LogP contribution in [0.15, 0.2) is 28.0 Å². The van der Waals surface area contributed by atoms with Crippen molar-refractivity contribution in [1.29, 1.82) is 0 Å². The third-order valence-corrected chi connectivity index (χ3v) is 3.49. The molecule has 2 aromatic rings. The molecule has 5 nitrogen and oxygen atoms in total. The van der Waals surface area contributed by atoms with Gasteiger partial charge in [-0.15, -0.1) is 0 Å². The van der Waals surface area contributed by atoms with E-state index in [0.29, 0.717) is 0 Å². The number of hydrogen-bond donors (Lipinski definition) is 2. The fourth-order valence-electron chi connectivity index (χ4n) is 1.40. The molecule has 0 aromatic carbocycles. The first kappa shape index (κ1) is 11.2. The van der Waals surface area contributed by atoms with Crippen molar-refractivity contribution in [1.82, 2.24) is 15.2 Å². The molecule has 3 N–H and O–H groups in total. The Morgan fingerprint density at radius 3 is 2.81 bits per heavy atom. The Labute approximate surface area is 97.8 Å². The van der Waals surface area contributed by atoms with Gasteiger partial charge in [0.05, 0.1) is 5.25 Å². The van der Waals surface area contributed by atoms with E-state index in [1.807, 2.05) is 26.0 Å². The van der Waals surface area contributed by atoms with Crippen LogP contribution >= 0.6 is 11.8 Å². The van der Waals surface area contributed by atoms with E-state index in [4.69, 9.17) is 10.2 Å². The van der Waals surface area contributed by atoms with Crippen molar-refractivity contribution in [2.75, 3.05) is 0 Å². The maximum atomic E-state index is 5.95. The summed E-state index contributed by atoms with van der Waals surface area (Å²) in [5.74, 6) is 1.76. The van der Waals surface area contributed by atoms with Crippen molar-refractivity contribution in [2.24, 2.45) is 5.73 Å². The van der Waals surface area contributed by atoms with E-state index >= 15 is 0 Å². The molecule has 0 aliphatic carbocycles. The summed E-state index contributed by atoms with van der Waals surface area (Å²) in [5, 5.41) is 7.40. The lowest BCUT2D eigenvalue weighted by Gasteiger charge is -2.16. The summed E-state index contributed by atoms with van der Waals surface area (Å²) >= 11 is 1.52. The Morgan fingerprint density at radius 2 is 2.31 bits per heavy atom. The molecule has 2 atom stereocenters. The number of aromatic amines is 1. The van der Waals surface area contributed by atoms with Gasteiger partial charge in [-0.2, -0.15) is 5.10 Å². The number of nitrogens with zero attached hydrogens (tertiary/aromatic N) is 2. The van der Waals surface area contributed by atoms with E-state index in [2.05, 4.69) is 15.2 Å². The number of H-pyrrole nitrogens is 1. The zero-order valence-electron chi connectivity index (χ0n) is 9.18. The highest BCUT2D eigenvalue weighted by molar-refractivity contribution is 7.99. The third kappa shape index (κ3) is 2.45. The third-order valence-electron chi connectivity index (χ3n) is 2.15. The Hall–Kier alpha value is -1.27. The first-order chi connectivity index (χ1) is 7.66. The molecule has 16 heavy (non-hydrogen) atoms. The van der Waals surface area contributed by atoms with Crippen LogP contribution in [0.5, 0.6) is 0 Å². The lowest BCUT2D eigenvalue weighted by molar-refractivity contribution is 0.464. The monoisotopic (exact) mass is 238 g/mol. The lowest BCUT2D eigenvalue weighted by atomic mass is 10.2. The lowest BCUT2D eigenvalue weighted by Crippen LogP contribution is -2.22. The Balaban J connectivity index is 2.18. The first-order valence-corrected chi connectivity index (χ1v) is 5.88. The standard InChI is InChI=1S/C10H14N4OS/c1-6-3-4-8(15-6)9(7(2)11)16-10-12-5-13-14-10/h3-5,7,9H,11H2,1-2H3,(H,12,13,14). The van der Waals surface area contributed by atoms with Gasteiger partial charge in [0.1, 0.15) is 17.8 Å². The van der Waals surface area contributed by atoms with Crippen LogP contribution in [0.25, 0.3) is 0 Å². The van der Waals surface area contributed by atoms with Gasteiger partial charge in [0.15, 0.2) is 5.16 Å². The quantitative estimate of drug-likeness (QED) is 0.795. The normalized spacial score (nSPS) is 14.9. The highest BCUT2D eigenvalue weighted by Crippen LogP contribution is 2.35. The summed E-state index contributed by atoms with van der Waals surface area (Å²) < 4.78 is 5.59. The number of rotatable bonds is 4. The van der Waals surface area contributed by atoms with Crippen molar-refractivity contribution in [2.45, 2.75) is 30.3 Å². The second-order valence-corrected chi connectivity index (χ2v) is 4.77. The number of nitrogens with one attached hydrogen (secondary N) is 1. The minimum Gasteiger partial charge on any atom is -0.465 e. The average molecular weight is 238 g/mol. The van der Waals surface area contributed by atoms with Gasteiger partial charge in [0, 0.05) is 6.04 Å². The van der Waals surface area contributed by atoms with E-state index in [1.54, 1.807) is 0 Å². The van der Waals surface area contributed by atoms with Gasteiger partial charge in [-0.1, -0.05) is 11.8 Å². The first-order valence-electron chi connectivity index (χ1n) is 5.01. The summed E-state index contributed by atoms with van der Waals surface area (Å²) in [6, 6.07) is 3.86. The molecular formula is C10H14N4OS. The highest BCUT2D eigenvalue weighted by Gasteiger charge is 2.22. The molecule has 2 aromatic heterocycles. The molecule has 0 spiro atoms. The van der Waals surface area contributed by atoms with E-state index < -0.39 is 0 Å². The van der Waals surface area contributed by atoms with Gasteiger partial charge < -0.3 is 10.2 Å². The van der Waals surface area contributed by atoms with Gasteiger partial charge in [-0.25, -0.2) is 4.98 Å². The van der Waals surface area contributed by atoms with E-state index in [9.17, 15) is 0 Å². The van der Waals surface area contributed by atoms with Crippen molar-refractivity contribution in [3.8, 4) is 0 Å². The molecule has 2 rings (SSSR count). The molecule has 0 aliphatic rings. The second kappa shape index (κ2) is 4.71. The van der Waals surface area contributed by atoms with Gasteiger partial charge in [-0.3, -0.25) is 5.10 Å². The van der Waals surface area contributed by atoms with Crippen LogP contribution in [0.4, 0.5) is 0 Å². The van der Waals surface area contributed by atoms with E-state index in [0.717, 1.165) is 16.7 Å². The molecule has 0 saturated carbocycles. The van der Waals surface area contributed by atoms with Crippen LogP contribution < -0.4 is 5.73 Å². The summed E-state index contributed by atoms with van der Waals surface area (Å²) in [6.45, 7) is 3.87. The van der Waals surface area contributed by atoms with Crippen molar-refractivity contribution in [3.63, 3.8) is 0 Å². The molecular weight excluding hydrogens is 224 g/mol. The SMILES string of the molecule is Cc1ccc(C(Sc2ncn[nH]2)C(C)N)o1. The Bertz CT molecular complexity index is 437. The maximum absolute atomic E-state index is 5.95. The fourth-order valence-corrected chi connectivity index (χ4v) is 2.31. The maximum Gasteiger partial charge on any atom is 0.184 e. The summed E-state index contributed by atoms with van der Waals surface area (Å²) in [5.41, 5.74) is 5.95. The number of aromatic nitrogens is 3. The van der Waals surface area contributed by atoms with Gasteiger partial charge in [0.2, 0.25) is 0 Å². The van der Waals surface area contributed by atoms with E-state index in [-0.39, 0.29) is 11.3 Å². The van der Waals surface area contributed by atoms with Crippen molar-refractivity contribution in [3.05, 3.63) is 30.0 Å². The average Bonchev–Trinajstić information content (AvgIpc) is 2.84. The molecule has 86 valence electrons. The summed E-state index contributed by atoms with van der Waals surface area (Å²) in [4.78, 5) is 4.07. The molecule has 0 saturated heterocycles. The molecule has 0 radical (unpaired) electrons. The van der Waals surface area contributed by atoms with E-state index in [1.165, 1.54) is 18.1 Å². The van der Waals surface area contributed by atoms with Crippen LogP contribution in [0.2, 0.25) is 0 Å². The smallest absolute Gasteiger partial charge is 0.184 e. The van der Waals surface area contributed by atoms with Gasteiger partial charge in [-0.05, 0) is 26.0 Å². The fraction of sp³-hybridized carbons (Fsp3) is 0.400. The van der Waals surface area contributed by atoms with Crippen LogP contribution in [0, 0.1) is 6.92 Å². The van der Waals surface area contributed by atoms with Crippen LogP contribution in [0.3, 0.4) is 0 Å². The predicted molar refractivity (Wildman–Crippen MR) is 62.1 cm³/mol. The molecule has 2 unspecified atom stereocenters. The molecule has 0 aliphatic heterocycles. The molecule has 6 heteroatoms. The number of nitrogens with two attached hydrogens (primary N) is 1. The largest absolute Gasteiger partial charge is 0.465 e. The van der Waals surface area contributed by atoms with Crippen LogP contribution in [0.1, 0.15) is 23.7 Å². The highest BCUT2D eigenvalue weighted by atomic mass is 32.2. The zero-order chi connectivity index (χ0) is 11.5. The summed E-state index contributed by atoms with van der Waals surface area (Å²) in [7, 11) is 0. The van der Waals surface area contributed by atoms with Gasteiger partial charge >= 0.3 is 0 Å². The predicted octanol–water partition coefficient (Wildman–Crippen LogP) is 1.89.